The molecule has 0 radical (unpaired) electrons. The molecule has 0 rings (SSSR count). The van der Waals surface area contributed by atoms with Gasteiger partial charge in [-0.1, -0.05) is 27.7 Å². The Kier molecular flexibility index (Phi) is 4.79. The molecule has 0 aromatic carbocycles. The van der Waals surface area contributed by atoms with Crippen LogP contribution in [-0.2, 0) is 9.59 Å². The molecule has 0 aromatic heterocycles. The molecule has 2 heteroatoms. The second-order valence-electron chi connectivity index (χ2n) is 3.69. The second kappa shape index (κ2) is 5.07. The average molecular weight is 170 g/mol. The molecule has 0 saturated carbocycles. The van der Waals surface area contributed by atoms with Crippen LogP contribution >= 0.6 is 0 Å². The molecule has 1 unspecified atom stereocenters. The Morgan fingerprint density at radius 1 is 1.17 bits per heavy atom. The number of ketones is 2. The molecule has 12 heavy (non-hydrogen) atoms. The molecular formula is C10H18O2. The summed E-state index contributed by atoms with van der Waals surface area (Å²) in [6.07, 6.45) is 1.14. The summed E-state index contributed by atoms with van der Waals surface area (Å²) in [6, 6.07) is 0. The van der Waals surface area contributed by atoms with Gasteiger partial charge in [-0.2, -0.15) is 0 Å². The Morgan fingerprint density at radius 3 is 2.00 bits per heavy atom. The van der Waals surface area contributed by atoms with E-state index in [-0.39, 0.29) is 23.4 Å². The van der Waals surface area contributed by atoms with Crippen molar-refractivity contribution in [1.82, 2.24) is 0 Å². The van der Waals surface area contributed by atoms with E-state index in [1.54, 1.807) is 6.92 Å². The maximum absolute atomic E-state index is 11.3. The van der Waals surface area contributed by atoms with Gasteiger partial charge in [-0.15, -0.1) is 0 Å². The highest BCUT2D eigenvalue weighted by Crippen LogP contribution is 2.08. The van der Waals surface area contributed by atoms with Crippen LogP contribution in [0.4, 0.5) is 0 Å². The quantitative estimate of drug-likeness (QED) is 0.593. The number of hydrogen-bond donors (Lipinski definition) is 0. The zero-order valence-corrected chi connectivity index (χ0v) is 8.39. The molecule has 0 bridgehead atoms. The van der Waals surface area contributed by atoms with Gasteiger partial charge in [-0.05, 0) is 12.3 Å². The fourth-order valence-corrected chi connectivity index (χ4v) is 0.932. The molecule has 0 amide bonds. The van der Waals surface area contributed by atoms with Gasteiger partial charge in [0.1, 0.15) is 0 Å². The first-order chi connectivity index (χ1) is 5.49. The smallest absolute Gasteiger partial charge is 0.201 e. The Labute approximate surface area is 74.3 Å². The number of Topliss-reactive ketones (excluding diaryl/α,β-unsaturated/α-hetero) is 2. The normalized spacial score (nSPS) is 13.1. The molecule has 0 spiro atoms. The Hall–Kier alpha value is -0.660. The zero-order valence-electron chi connectivity index (χ0n) is 8.39. The number of rotatable bonds is 5. The summed E-state index contributed by atoms with van der Waals surface area (Å²) in [5, 5.41) is 0. The van der Waals surface area contributed by atoms with E-state index in [1.807, 2.05) is 20.8 Å². The molecule has 0 fully saturated rings. The van der Waals surface area contributed by atoms with Crippen LogP contribution < -0.4 is 0 Å². The Balaban J connectivity index is 4.02. The highest BCUT2D eigenvalue weighted by atomic mass is 16.2. The second-order valence-corrected chi connectivity index (χ2v) is 3.69. The summed E-state index contributed by atoms with van der Waals surface area (Å²) >= 11 is 0. The molecule has 70 valence electrons. The highest BCUT2D eigenvalue weighted by molar-refractivity contribution is 6.37. The van der Waals surface area contributed by atoms with Crippen molar-refractivity contribution >= 4 is 11.6 Å². The van der Waals surface area contributed by atoms with Gasteiger partial charge in [0.25, 0.3) is 0 Å². The molecule has 1 atom stereocenters. The largest absolute Gasteiger partial charge is 0.291 e. The van der Waals surface area contributed by atoms with Crippen LogP contribution in [0.25, 0.3) is 0 Å². The topological polar surface area (TPSA) is 34.1 Å². The molecule has 0 saturated heterocycles. The van der Waals surface area contributed by atoms with E-state index in [0.717, 1.165) is 6.42 Å². The number of hydrogen-bond acceptors (Lipinski definition) is 2. The van der Waals surface area contributed by atoms with Crippen molar-refractivity contribution in [3.63, 3.8) is 0 Å². The molecular weight excluding hydrogens is 152 g/mol. The summed E-state index contributed by atoms with van der Waals surface area (Å²) < 4.78 is 0. The SMILES string of the molecule is CCC(C)C(=O)C(=O)CC(C)C. The molecule has 0 aliphatic carbocycles. The maximum atomic E-state index is 11.3. The lowest BCUT2D eigenvalue weighted by Crippen LogP contribution is -2.22. The Morgan fingerprint density at radius 2 is 1.67 bits per heavy atom. The summed E-state index contributed by atoms with van der Waals surface area (Å²) in [4.78, 5) is 22.5. The molecule has 2 nitrogen and oxygen atoms in total. The fraction of sp³-hybridized carbons (Fsp3) is 0.800. The van der Waals surface area contributed by atoms with E-state index in [9.17, 15) is 9.59 Å². The first kappa shape index (κ1) is 11.3. The minimum Gasteiger partial charge on any atom is -0.291 e. The van der Waals surface area contributed by atoms with Crippen molar-refractivity contribution in [3.8, 4) is 0 Å². The molecule has 0 aromatic rings. The third-order valence-electron chi connectivity index (χ3n) is 1.93. The third kappa shape index (κ3) is 3.65. The van der Waals surface area contributed by atoms with Crippen molar-refractivity contribution in [3.05, 3.63) is 0 Å². The van der Waals surface area contributed by atoms with Crippen molar-refractivity contribution in [1.29, 1.82) is 0 Å². The fourth-order valence-electron chi connectivity index (χ4n) is 0.932. The summed E-state index contributed by atoms with van der Waals surface area (Å²) in [5.41, 5.74) is 0. The minimum atomic E-state index is -0.209. The van der Waals surface area contributed by atoms with Crippen molar-refractivity contribution < 1.29 is 9.59 Å². The lowest BCUT2D eigenvalue weighted by Gasteiger charge is -2.07. The van der Waals surface area contributed by atoms with Gasteiger partial charge in [-0.3, -0.25) is 9.59 Å². The van der Waals surface area contributed by atoms with Gasteiger partial charge in [0.2, 0.25) is 5.78 Å². The van der Waals surface area contributed by atoms with Gasteiger partial charge >= 0.3 is 0 Å². The molecule has 0 heterocycles. The van der Waals surface area contributed by atoms with Crippen LogP contribution in [-0.4, -0.2) is 11.6 Å². The minimum absolute atomic E-state index is 0.101. The van der Waals surface area contributed by atoms with E-state index in [2.05, 4.69) is 0 Å². The number of carbonyl (C=O) groups excluding carboxylic acids is 2. The maximum Gasteiger partial charge on any atom is 0.201 e. The lowest BCUT2D eigenvalue weighted by molar-refractivity contribution is -0.139. The van der Waals surface area contributed by atoms with Gasteiger partial charge in [-0.25, -0.2) is 0 Å². The van der Waals surface area contributed by atoms with Crippen LogP contribution in [0.5, 0.6) is 0 Å². The van der Waals surface area contributed by atoms with E-state index in [4.69, 9.17) is 0 Å². The molecule has 0 N–H and O–H groups in total. The number of carbonyl (C=O) groups is 2. The van der Waals surface area contributed by atoms with E-state index < -0.39 is 0 Å². The Bertz CT molecular complexity index is 171. The molecule has 0 aliphatic rings. The molecule has 0 aliphatic heterocycles. The van der Waals surface area contributed by atoms with Crippen LogP contribution in [0.3, 0.4) is 0 Å². The van der Waals surface area contributed by atoms with Crippen LogP contribution in [0, 0.1) is 11.8 Å². The van der Waals surface area contributed by atoms with E-state index in [1.165, 1.54) is 0 Å². The standard InChI is InChI=1S/C10H18O2/c1-5-8(4)10(12)9(11)6-7(2)3/h7-8H,5-6H2,1-4H3. The van der Waals surface area contributed by atoms with Gasteiger partial charge in [0.15, 0.2) is 5.78 Å². The van der Waals surface area contributed by atoms with Crippen molar-refractivity contribution in [2.75, 3.05) is 0 Å². The summed E-state index contributed by atoms with van der Waals surface area (Å²) in [5.74, 6) is -0.229. The van der Waals surface area contributed by atoms with Crippen LogP contribution in [0.1, 0.15) is 40.5 Å². The van der Waals surface area contributed by atoms with Crippen molar-refractivity contribution in [2.24, 2.45) is 11.8 Å². The van der Waals surface area contributed by atoms with Crippen LogP contribution in [0.2, 0.25) is 0 Å². The van der Waals surface area contributed by atoms with Gasteiger partial charge in [0, 0.05) is 12.3 Å². The van der Waals surface area contributed by atoms with E-state index in [0.29, 0.717) is 6.42 Å². The zero-order chi connectivity index (χ0) is 9.72. The average Bonchev–Trinajstić information content (AvgIpc) is 2.00. The first-order valence-electron chi connectivity index (χ1n) is 4.56. The van der Waals surface area contributed by atoms with Gasteiger partial charge < -0.3 is 0 Å². The predicted molar refractivity (Wildman–Crippen MR) is 48.9 cm³/mol. The highest BCUT2D eigenvalue weighted by Gasteiger charge is 2.19. The summed E-state index contributed by atoms with van der Waals surface area (Å²) in [6.45, 7) is 7.62. The third-order valence-corrected chi connectivity index (χ3v) is 1.93. The van der Waals surface area contributed by atoms with Crippen LogP contribution in [0.15, 0.2) is 0 Å². The predicted octanol–water partition coefficient (Wildman–Crippen LogP) is 2.22. The monoisotopic (exact) mass is 170 g/mol. The van der Waals surface area contributed by atoms with Gasteiger partial charge in [0.05, 0.1) is 0 Å². The lowest BCUT2D eigenvalue weighted by atomic mass is 9.95. The van der Waals surface area contributed by atoms with Crippen molar-refractivity contribution in [2.45, 2.75) is 40.5 Å². The first-order valence-corrected chi connectivity index (χ1v) is 4.56. The van der Waals surface area contributed by atoms with E-state index >= 15 is 0 Å². The summed E-state index contributed by atoms with van der Waals surface area (Å²) in [7, 11) is 0.